The van der Waals surface area contributed by atoms with Gasteiger partial charge in [0, 0.05) is 12.2 Å². The summed E-state index contributed by atoms with van der Waals surface area (Å²) in [6.45, 7) is 4.77. The second kappa shape index (κ2) is 5.10. The zero-order chi connectivity index (χ0) is 12.3. The van der Waals surface area contributed by atoms with Gasteiger partial charge in [-0.15, -0.1) is 0 Å². The second-order valence-corrected chi connectivity index (χ2v) is 4.65. The molecule has 0 saturated heterocycles. The van der Waals surface area contributed by atoms with Crippen LogP contribution in [-0.2, 0) is 0 Å². The molecule has 0 saturated carbocycles. The molecule has 1 aromatic carbocycles. The predicted octanol–water partition coefficient (Wildman–Crippen LogP) is 3.42. The molecule has 0 bridgehead atoms. The minimum absolute atomic E-state index is 0.703. The van der Waals surface area contributed by atoms with Gasteiger partial charge in [0.25, 0.3) is 0 Å². The van der Waals surface area contributed by atoms with Crippen molar-refractivity contribution in [3.8, 4) is 0 Å². The van der Waals surface area contributed by atoms with Crippen LogP contribution in [0.3, 0.4) is 0 Å². The number of nitrogens with zero attached hydrogens (tertiary/aromatic N) is 2. The topological polar surface area (TPSA) is 33.2 Å². The predicted molar refractivity (Wildman–Crippen MR) is 71.4 cm³/mol. The van der Waals surface area contributed by atoms with Crippen molar-refractivity contribution in [3.63, 3.8) is 0 Å². The Labute approximate surface area is 105 Å². The van der Waals surface area contributed by atoms with E-state index in [0.29, 0.717) is 4.88 Å². The van der Waals surface area contributed by atoms with E-state index in [2.05, 4.69) is 16.8 Å². The van der Waals surface area contributed by atoms with Crippen LogP contribution in [0.5, 0.6) is 0 Å². The van der Waals surface area contributed by atoms with Crippen molar-refractivity contribution in [3.05, 3.63) is 40.9 Å². The van der Waals surface area contributed by atoms with Gasteiger partial charge < -0.3 is 4.90 Å². The molecule has 1 heterocycles. The van der Waals surface area contributed by atoms with Crippen molar-refractivity contribution in [1.82, 2.24) is 4.98 Å². The molecule has 2 aromatic rings. The molecule has 0 radical (unpaired) electrons. The minimum Gasteiger partial charge on any atom is -0.318 e. The van der Waals surface area contributed by atoms with Crippen LogP contribution in [0.4, 0.5) is 10.8 Å². The highest BCUT2D eigenvalue weighted by Crippen LogP contribution is 2.30. The molecule has 17 heavy (non-hydrogen) atoms. The van der Waals surface area contributed by atoms with Crippen molar-refractivity contribution >= 4 is 28.4 Å². The zero-order valence-corrected chi connectivity index (χ0v) is 10.7. The quantitative estimate of drug-likeness (QED) is 0.775. The van der Waals surface area contributed by atoms with E-state index in [1.807, 2.05) is 37.3 Å². The Morgan fingerprint density at radius 2 is 2.06 bits per heavy atom. The lowest BCUT2D eigenvalue weighted by molar-refractivity contribution is 0.112. The molecule has 4 heteroatoms. The van der Waals surface area contributed by atoms with Crippen LogP contribution in [0.15, 0.2) is 30.3 Å². The third kappa shape index (κ3) is 2.36. The Hall–Kier alpha value is -1.68. The molecule has 0 N–H and O–H groups in total. The largest absolute Gasteiger partial charge is 0.318 e. The van der Waals surface area contributed by atoms with Crippen molar-refractivity contribution in [2.24, 2.45) is 0 Å². The number of carbonyl (C=O) groups excluding carboxylic acids is 1. The molecular formula is C13H14N2OS. The van der Waals surface area contributed by atoms with Crippen molar-refractivity contribution < 1.29 is 4.79 Å². The summed E-state index contributed by atoms with van der Waals surface area (Å²) in [6, 6.07) is 10.1. The van der Waals surface area contributed by atoms with Crippen LogP contribution >= 0.6 is 11.3 Å². The lowest BCUT2D eigenvalue weighted by Gasteiger charge is -2.19. The normalized spacial score (nSPS) is 10.2. The number of anilines is 2. The molecule has 0 amide bonds. The van der Waals surface area contributed by atoms with Crippen LogP contribution in [0.2, 0.25) is 0 Å². The fraction of sp³-hybridized carbons (Fsp3) is 0.231. The highest BCUT2D eigenvalue weighted by molar-refractivity contribution is 7.17. The monoisotopic (exact) mass is 246 g/mol. The molecular weight excluding hydrogens is 232 g/mol. The minimum atomic E-state index is 0.703. The molecule has 3 nitrogen and oxygen atoms in total. The molecule has 0 atom stereocenters. The van der Waals surface area contributed by atoms with E-state index in [4.69, 9.17) is 0 Å². The van der Waals surface area contributed by atoms with Gasteiger partial charge in [0.1, 0.15) is 0 Å². The van der Waals surface area contributed by atoms with Crippen LogP contribution in [0.25, 0.3) is 0 Å². The molecule has 88 valence electrons. The van der Waals surface area contributed by atoms with E-state index < -0.39 is 0 Å². The number of aromatic nitrogens is 1. The van der Waals surface area contributed by atoms with E-state index in [1.165, 1.54) is 11.3 Å². The number of rotatable bonds is 4. The van der Waals surface area contributed by atoms with Gasteiger partial charge in [0.15, 0.2) is 11.4 Å². The number of para-hydroxylation sites is 1. The summed E-state index contributed by atoms with van der Waals surface area (Å²) in [5.74, 6) is 0. The number of hydrogen-bond acceptors (Lipinski definition) is 4. The van der Waals surface area contributed by atoms with Crippen LogP contribution < -0.4 is 4.90 Å². The van der Waals surface area contributed by atoms with Gasteiger partial charge in [-0.2, -0.15) is 0 Å². The maximum atomic E-state index is 10.8. The van der Waals surface area contributed by atoms with Gasteiger partial charge in [0.2, 0.25) is 0 Å². The summed E-state index contributed by atoms with van der Waals surface area (Å²) >= 11 is 1.43. The molecule has 0 spiro atoms. The van der Waals surface area contributed by atoms with Gasteiger partial charge in [-0.05, 0) is 26.0 Å². The average Bonchev–Trinajstić information content (AvgIpc) is 2.73. The Bertz CT molecular complexity index is 507. The summed E-state index contributed by atoms with van der Waals surface area (Å²) in [4.78, 5) is 18.1. The first-order valence-electron chi connectivity index (χ1n) is 5.51. The molecule has 0 aliphatic heterocycles. The van der Waals surface area contributed by atoms with Gasteiger partial charge in [-0.1, -0.05) is 29.5 Å². The lowest BCUT2D eigenvalue weighted by Crippen LogP contribution is -2.15. The molecule has 2 rings (SSSR count). The molecule has 0 unspecified atom stereocenters. The Morgan fingerprint density at radius 3 is 2.59 bits per heavy atom. The van der Waals surface area contributed by atoms with E-state index in [1.54, 1.807) is 0 Å². The number of thiazole rings is 1. The molecule has 0 aliphatic rings. The van der Waals surface area contributed by atoms with Gasteiger partial charge in [-0.25, -0.2) is 4.98 Å². The highest BCUT2D eigenvalue weighted by atomic mass is 32.1. The van der Waals surface area contributed by atoms with E-state index >= 15 is 0 Å². The third-order valence-corrected chi connectivity index (χ3v) is 3.65. The Morgan fingerprint density at radius 1 is 1.35 bits per heavy atom. The number of hydrogen-bond donors (Lipinski definition) is 0. The van der Waals surface area contributed by atoms with Gasteiger partial charge in [-0.3, -0.25) is 4.79 Å². The summed E-state index contributed by atoms with van der Waals surface area (Å²) < 4.78 is 0. The molecule has 1 aromatic heterocycles. The molecule has 0 aliphatic carbocycles. The van der Waals surface area contributed by atoms with Crippen LogP contribution in [0.1, 0.15) is 22.3 Å². The zero-order valence-electron chi connectivity index (χ0n) is 9.88. The fourth-order valence-electron chi connectivity index (χ4n) is 1.65. The van der Waals surface area contributed by atoms with E-state index in [0.717, 1.165) is 29.3 Å². The summed E-state index contributed by atoms with van der Waals surface area (Å²) in [5, 5.41) is 0.873. The smallest absolute Gasteiger partial charge is 0.190 e. The van der Waals surface area contributed by atoms with Crippen molar-refractivity contribution in [2.75, 3.05) is 11.4 Å². The first-order chi connectivity index (χ1) is 8.26. The van der Waals surface area contributed by atoms with Crippen LogP contribution in [-0.4, -0.2) is 17.8 Å². The fourth-order valence-corrected chi connectivity index (χ4v) is 2.62. The second-order valence-electron chi connectivity index (χ2n) is 3.64. The SMILES string of the molecule is CCN(c1ccccc1)c1nc(C)c(C=O)s1. The first-order valence-corrected chi connectivity index (χ1v) is 6.33. The lowest BCUT2D eigenvalue weighted by atomic mass is 10.3. The number of benzene rings is 1. The van der Waals surface area contributed by atoms with Crippen LogP contribution in [0, 0.1) is 6.92 Å². The summed E-state index contributed by atoms with van der Waals surface area (Å²) in [6.07, 6.45) is 0.870. The molecule has 0 fully saturated rings. The Kier molecular flexibility index (Phi) is 3.54. The highest BCUT2D eigenvalue weighted by Gasteiger charge is 2.13. The number of aldehydes is 1. The number of carbonyl (C=O) groups is 1. The standard InChI is InChI=1S/C13H14N2OS/c1-3-15(11-7-5-4-6-8-11)13-14-10(2)12(9-16)17-13/h4-9H,3H2,1-2H3. The summed E-state index contributed by atoms with van der Waals surface area (Å²) in [7, 11) is 0. The maximum Gasteiger partial charge on any atom is 0.190 e. The average molecular weight is 246 g/mol. The first kappa shape index (κ1) is 11.8. The van der Waals surface area contributed by atoms with Gasteiger partial charge in [0.05, 0.1) is 10.6 Å². The van der Waals surface area contributed by atoms with E-state index in [9.17, 15) is 4.79 Å². The van der Waals surface area contributed by atoms with Gasteiger partial charge >= 0.3 is 0 Å². The maximum absolute atomic E-state index is 10.8. The van der Waals surface area contributed by atoms with Crippen molar-refractivity contribution in [1.29, 1.82) is 0 Å². The summed E-state index contributed by atoms with van der Waals surface area (Å²) in [5.41, 5.74) is 1.90. The Balaban J connectivity index is 2.39. The third-order valence-electron chi connectivity index (χ3n) is 2.54. The number of aryl methyl sites for hydroxylation is 1. The van der Waals surface area contributed by atoms with Crippen molar-refractivity contribution in [2.45, 2.75) is 13.8 Å². The van der Waals surface area contributed by atoms with E-state index in [-0.39, 0.29) is 0 Å².